The van der Waals surface area contributed by atoms with Crippen molar-refractivity contribution < 1.29 is 18.7 Å². The molecule has 1 heterocycles. The first kappa shape index (κ1) is 19.4. The number of esters is 1. The van der Waals surface area contributed by atoms with Crippen molar-refractivity contribution in [2.45, 2.75) is 32.9 Å². The Kier molecular flexibility index (Phi) is 5.85. The molecule has 1 aromatic heterocycles. The Morgan fingerprint density at radius 3 is 2.70 bits per heavy atom. The molecule has 0 amide bonds. The van der Waals surface area contributed by atoms with Crippen LogP contribution in [-0.4, -0.2) is 17.6 Å². The van der Waals surface area contributed by atoms with Crippen molar-refractivity contribution in [2.75, 3.05) is 7.11 Å². The normalized spacial score (nSPS) is 11.2. The van der Waals surface area contributed by atoms with E-state index in [0.717, 1.165) is 20.9 Å². The molecule has 6 heteroatoms. The minimum atomic E-state index is -0.413. The van der Waals surface area contributed by atoms with E-state index in [1.165, 1.54) is 19.2 Å². The molecule has 0 saturated heterocycles. The Bertz CT molecular complexity index is 981. The number of rotatable bonds is 6. The molecule has 0 N–H and O–H groups in total. The number of nitrogens with zero attached hydrogens (tertiary/aromatic N) is 1. The summed E-state index contributed by atoms with van der Waals surface area (Å²) in [5.74, 6) is -0.467. The highest BCUT2D eigenvalue weighted by Gasteiger charge is 2.13. The van der Waals surface area contributed by atoms with Crippen molar-refractivity contribution in [3.63, 3.8) is 0 Å². The summed E-state index contributed by atoms with van der Waals surface area (Å²) in [5, 5.41) is 1.13. The first-order chi connectivity index (χ1) is 12.9. The summed E-state index contributed by atoms with van der Waals surface area (Å²) >= 11 is 3.61. The monoisotopic (exact) mass is 433 g/mol. The topological polar surface area (TPSA) is 40.5 Å². The summed E-state index contributed by atoms with van der Waals surface area (Å²) in [4.78, 5) is 11.6. The number of carbonyl (C=O) groups is 1. The molecule has 3 aromatic rings. The summed E-state index contributed by atoms with van der Waals surface area (Å²) < 4.78 is 27.4. The Balaban J connectivity index is 1.87. The fourth-order valence-electron chi connectivity index (χ4n) is 3.00. The van der Waals surface area contributed by atoms with Crippen molar-refractivity contribution in [2.24, 2.45) is 0 Å². The van der Waals surface area contributed by atoms with E-state index in [2.05, 4.69) is 52.7 Å². The molecule has 27 heavy (non-hydrogen) atoms. The number of ether oxygens (including phenoxy) is 2. The number of halogens is 2. The third kappa shape index (κ3) is 4.33. The molecule has 142 valence electrons. The highest BCUT2D eigenvalue weighted by Crippen LogP contribution is 2.30. The van der Waals surface area contributed by atoms with Gasteiger partial charge in [-0.1, -0.05) is 22.0 Å². The van der Waals surface area contributed by atoms with Gasteiger partial charge in [-0.25, -0.2) is 4.39 Å². The van der Waals surface area contributed by atoms with Crippen LogP contribution in [-0.2, 0) is 22.6 Å². The predicted molar refractivity (Wildman–Crippen MR) is 106 cm³/mol. The minimum absolute atomic E-state index is 0.0328. The van der Waals surface area contributed by atoms with Crippen LogP contribution < -0.4 is 4.74 Å². The third-order valence-electron chi connectivity index (χ3n) is 4.39. The molecule has 3 rings (SSSR count). The molecule has 2 aromatic carbocycles. The largest absolute Gasteiger partial charge is 0.488 e. The van der Waals surface area contributed by atoms with E-state index in [4.69, 9.17) is 9.47 Å². The molecule has 0 bridgehead atoms. The van der Waals surface area contributed by atoms with Crippen LogP contribution in [0.5, 0.6) is 5.75 Å². The number of fused-ring (bicyclic) bond motifs is 1. The van der Waals surface area contributed by atoms with Crippen LogP contribution in [0.1, 0.15) is 31.0 Å². The van der Waals surface area contributed by atoms with Crippen LogP contribution in [0.25, 0.3) is 10.9 Å². The molecular weight excluding hydrogens is 413 g/mol. The van der Waals surface area contributed by atoms with Gasteiger partial charge in [-0.3, -0.25) is 4.79 Å². The van der Waals surface area contributed by atoms with Gasteiger partial charge in [0.25, 0.3) is 0 Å². The lowest BCUT2D eigenvalue weighted by Crippen LogP contribution is -2.07. The number of benzene rings is 2. The predicted octanol–water partition coefficient (Wildman–Crippen LogP) is 5.42. The zero-order chi connectivity index (χ0) is 19.6. The number of hydrogen-bond acceptors (Lipinski definition) is 3. The van der Waals surface area contributed by atoms with E-state index in [1.807, 2.05) is 6.07 Å². The van der Waals surface area contributed by atoms with Crippen LogP contribution in [0.4, 0.5) is 4.39 Å². The fourth-order valence-corrected chi connectivity index (χ4v) is 3.63. The zero-order valence-corrected chi connectivity index (χ0v) is 17.0. The Morgan fingerprint density at radius 2 is 2.00 bits per heavy atom. The summed E-state index contributed by atoms with van der Waals surface area (Å²) in [6.45, 7) is 4.51. The second-order valence-corrected chi connectivity index (χ2v) is 7.48. The third-order valence-corrected chi connectivity index (χ3v) is 5.05. The average molecular weight is 434 g/mol. The van der Waals surface area contributed by atoms with Crippen LogP contribution >= 0.6 is 15.9 Å². The van der Waals surface area contributed by atoms with Gasteiger partial charge in [0, 0.05) is 39.2 Å². The maximum Gasteiger partial charge on any atom is 0.310 e. The first-order valence-electron chi connectivity index (χ1n) is 8.66. The molecule has 0 radical (unpaired) electrons. The highest BCUT2D eigenvalue weighted by atomic mass is 79.9. The van der Waals surface area contributed by atoms with Gasteiger partial charge in [-0.05, 0) is 43.7 Å². The van der Waals surface area contributed by atoms with E-state index < -0.39 is 11.8 Å². The van der Waals surface area contributed by atoms with Crippen molar-refractivity contribution in [1.29, 1.82) is 0 Å². The summed E-state index contributed by atoms with van der Waals surface area (Å²) in [5.41, 5.74) is 2.64. The van der Waals surface area contributed by atoms with E-state index in [0.29, 0.717) is 17.4 Å². The second kappa shape index (κ2) is 8.13. The Labute approximate surface area is 166 Å². The van der Waals surface area contributed by atoms with E-state index in [1.54, 1.807) is 6.07 Å². The fraction of sp³-hybridized carbons (Fsp3) is 0.286. The van der Waals surface area contributed by atoms with Gasteiger partial charge in [0.1, 0.15) is 18.2 Å². The lowest BCUT2D eigenvalue weighted by molar-refractivity contribution is -0.139. The van der Waals surface area contributed by atoms with Gasteiger partial charge in [-0.2, -0.15) is 0 Å². The Hall–Kier alpha value is -2.34. The Morgan fingerprint density at radius 1 is 1.22 bits per heavy atom. The number of aromatic nitrogens is 1. The molecular formula is C21H21BrFNO3. The maximum atomic E-state index is 13.7. The molecule has 0 aliphatic rings. The minimum Gasteiger partial charge on any atom is -0.488 e. The van der Waals surface area contributed by atoms with Crippen molar-refractivity contribution in [1.82, 2.24) is 4.57 Å². The lowest BCUT2D eigenvalue weighted by Gasteiger charge is -2.13. The molecule has 0 fully saturated rings. The van der Waals surface area contributed by atoms with Crippen LogP contribution in [0.3, 0.4) is 0 Å². The van der Waals surface area contributed by atoms with Crippen molar-refractivity contribution in [3.8, 4) is 5.75 Å². The summed E-state index contributed by atoms with van der Waals surface area (Å²) in [7, 11) is 1.32. The molecule has 0 saturated carbocycles. The number of hydrogen-bond donors (Lipinski definition) is 0. The van der Waals surface area contributed by atoms with E-state index >= 15 is 0 Å². The smallest absolute Gasteiger partial charge is 0.310 e. The van der Waals surface area contributed by atoms with Gasteiger partial charge < -0.3 is 14.0 Å². The SMILES string of the molecule is COC(=O)Cc1ccc(F)cc1OCc1cc(Br)c2ccn(C(C)C)c2c1. The molecule has 0 aliphatic carbocycles. The van der Waals surface area contributed by atoms with E-state index in [9.17, 15) is 9.18 Å². The van der Waals surface area contributed by atoms with Crippen molar-refractivity contribution in [3.05, 3.63) is 64.0 Å². The summed E-state index contributed by atoms with van der Waals surface area (Å²) in [6.07, 6.45) is 2.09. The second-order valence-electron chi connectivity index (χ2n) is 6.62. The van der Waals surface area contributed by atoms with Crippen LogP contribution in [0.2, 0.25) is 0 Å². The summed E-state index contributed by atoms with van der Waals surface area (Å²) in [6, 6.07) is 10.6. The van der Waals surface area contributed by atoms with Gasteiger partial charge in [-0.15, -0.1) is 0 Å². The standard InChI is InChI=1S/C21H21BrFNO3/c1-13(2)24-7-6-17-18(22)8-14(9-19(17)24)12-27-20-11-16(23)5-4-15(20)10-21(25)26-3/h4-9,11,13H,10,12H2,1-3H3. The van der Waals surface area contributed by atoms with Crippen LogP contribution in [0.15, 0.2) is 47.1 Å². The van der Waals surface area contributed by atoms with Gasteiger partial charge >= 0.3 is 5.97 Å². The molecule has 0 unspecified atom stereocenters. The van der Waals surface area contributed by atoms with E-state index in [-0.39, 0.29) is 13.0 Å². The molecule has 0 spiro atoms. The van der Waals surface area contributed by atoms with Gasteiger partial charge in [0.15, 0.2) is 0 Å². The first-order valence-corrected chi connectivity index (χ1v) is 9.45. The van der Waals surface area contributed by atoms with Crippen LogP contribution in [0, 0.1) is 5.82 Å². The van der Waals surface area contributed by atoms with Gasteiger partial charge in [0.2, 0.25) is 0 Å². The molecule has 0 atom stereocenters. The zero-order valence-electron chi connectivity index (χ0n) is 15.5. The average Bonchev–Trinajstić information content (AvgIpc) is 3.06. The van der Waals surface area contributed by atoms with Gasteiger partial charge in [0.05, 0.1) is 13.5 Å². The van der Waals surface area contributed by atoms with Crippen molar-refractivity contribution >= 4 is 32.8 Å². The highest BCUT2D eigenvalue weighted by molar-refractivity contribution is 9.10. The quantitative estimate of drug-likeness (QED) is 0.487. The molecule has 4 nitrogen and oxygen atoms in total. The number of carbonyl (C=O) groups excluding carboxylic acids is 1. The number of methoxy groups -OCH3 is 1. The lowest BCUT2D eigenvalue weighted by atomic mass is 10.1. The maximum absolute atomic E-state index is 13.7. The molecule has 0 aliphatic heterocycles.